The summed E-state index contributed by atoms with van der Waals surface area (Å²) in [7, 11) is -3.54. The van der Waals surface area contributed by atoms with Crippen molar-refractivity contribution in [2.24, 2.45) is 5.92 Å². The van der Waals surface area contributed by atoms with Crippen molar-refractivity contribution in [1.29, 1.82) is 0 Å². The van der Waals surface area contributed by atoms with Crippen molar-refractivity contribution in [3.05, 3.63) is 24.4 Å². The van der Waals surface area contributed by atoms with Crippen LogP contribution in [0.3, 0.4) is 0 Å². The number of aromatic amines is 1. The van der Waals surface area contributed by atoms with Crippen LogP contribution in [0.1, 0.15) is 6.42 Å². The second-order valence-electron chi connectivity index (χ2n) is 5.04. The first-order chi connectivity index (χ1) is 9.56. The molecule has 0 aliphatic carbocycles. The molecule has 1 aromatic heterocycles. The molecule has 108 valence electrons. The smallest absolute Gasteiger partial charge is 0.242 e. The minimum Gasteiger partial charge on any atom is -0.399 e. The third-order valence-electron chi connectivity index (χ3n) is 3.54. The lowest BCUT2D eigenvalue weighted by Gasteiger charge is -2.09. The molecule has 0 amide bonds. The Morgan fingerprint density at radius 2 is 2.30 bits per heavy atom. The molecule has 4 N–H and O–H groups in total. The van der Waals surface area contributed by atoms with Crippen LogP contribution in [-0.4, -0.2) is 33.2 Å². The lowest BCUT2D eigenvalue weighted by molar-refractivity contribution is 0.186. The van der Waals surface area contributed by atoms with E-state index in [4.69, 9.17) is 10.5 Å². The first kappa shape index (κ1) is 13.4. The van der Waals surface area contributed by atoms with Gasteiger partial charge in [-0.05, 0) is 30.5 Å². The van der Waals surface area contributed by atoms with Crippen LogP contribution in [0, 0.1) is 5.92 Å². The average Bonchev–Trinajstić information content (AvgIpc) is 3.05. The molecule has 0 bridgehead atoms. The van der Waals surface area contributed by atoms with E-state index < -0.39 is 10.0 Å². The molecule has 2 aromatic rings. The van der Waals surface area contributed by atoms with E-state index in [-0.39, 0.29) is 10.8 Å². The van der Waals surface area contributed by atoms with Crippen LogP contribution in [0.15, 0.2) is 29.3 Å². The minimum atomic E-state index is -3.54. The number of hydrogen-bond donors (Lipinski definition) is 3. The number of hydrogen-bond acceptors (Lipinski definition) is 4. The molecule has 3 rings (SSSR count). The molecular formula is C13H17N3O3S. The normalized spacial score (nSPS) is 19.7. The third-order valence-corrected chi connectivity index (χ3v) is 5.01. The quantitative estimate of drug-likeness (QED) is 0.735. The molecular weight excluding hydrogens is 278 g/mol. The zero-order valence-electron chi connectivity index (χ0n) is 10.9. The van der Waals surface area contributed by atoms with Gasteiger partial charge in [0.1, 0.15) is 4.90 Å². The Balaban J connectivity index is 1.86. The number of rotatable bonds is 4. The lowest BCUT2D eigenvalue weighted by Crippen LogP contribution is -2.29. The Kier molecular flexibility index (Phi) is 3.41. The maximum absolute atomic E-state index is 12.4. The topological polar surface area (TPSA) is 97.2 Å². The van der Waals surface area contributed by atoms with Crippen LogP contribution < -0.4 is 10.5 Å². The van der Waals surface area contributed by atoms with Crippen LogP contribution in [0.25, 0.3) is 10.9 Å². The maximum atomic E-state index is 12.4. The Morgan fingerprint density at radius 3 is 3.05 bits per heavy atom. The summed E-state index contributed by atoms with van der Waals surface area (Å²) in [4.78, 5) is 3.18. The van der Waals surface area contributed by atoms with E-state index in [0.717, 1.165) is 11.9 Å². The highest BCUT2D eigenvalue weighted by Crippen LogP contribution is 2.24. The third kappa shape index (κ3) is 2.52. The van der Waals surface area contributed by atoms with Gasteiger partial charge >= 0.3 is 0 Å². The molecule has 1 atom stereocenters. The zero-order valence-corrected chi connectivity index (χ0v) is 11.7. The Labute approximate surface area is 117 Å². The molecule has 7 heteroatoms. The van der Waals surface area contributed by atoms with Gasteiger partial charge in [-0.25, -0.2) is 13.1 Å². The number of nitrogen functional groups attached to an aromatic ring is 1. The number of sulfonamides is 1. The number of nitrogens with one attached hydrogen (secondary N) is 2. The van der Waals surface area contributed by atoms with Gasteiger partial charge in [0, 0.05) is 35.9 Å². The van der Waals surface area contributed by atoms with Crippen molar-refractivity contribution in [3.8, 4) is 0 Å². The van der Waals surface area contributed by atoms with Gasteiger partial charge in [0.25, 0.3) is 0 Å². The first-order valence-electron chi connectivity index (χ1n) is 6.50. The van der Waals surface area contributed by atoms with Gasteiger partial charge in [-0.2, -0.15) is 0 Å². The van der Waals surface area contributed by atoms with Crippen LogP contribution in [0.2, 0.25) is 0 Å². The van der Waals surface area contributed by atoms with Gasteiger partial charge in [0.2, 0.25) is 10.0 Å². The second-order valence-corrected chi connectivity index (χ2v) is 6.77. The van der Waals surface area contributed by atoms with Gasteiger partial charge in [-0.1, -0.05) is 0 Å². The largest absolute Gasteiger partial charge is 0.399 e. The molecule has 20 heavy (non-hydrogen) atoms. The van der Waals surface area contributed by atoms with E-state index in [1.807, 2.05) is 0 Å². The lowest BCUT2D eigenvalue weighted by atomic mass is 10.1. The molecule has 0 radical (unpaired) electrons. The summed E-state index contributed by atoms with van der Waals surface area (Å²) >= 11 is 0. The van der Waals surface area contributed by atoms with E-state index >= 15 is 0 Å². The second kappa shape index (κ2) is 5.08. The highest BCUT2D eigenvalue weighted by atomic mass is 32.2. The average molecular weight is 295 g/mol. The molecule has 1 unspecified atom stereocenters. The summed E-state index contributed by atoms with van der Waals surface area (Å²) in [5.41, 5.74) is 7.02. The van der Waals surface area contributed by atoms with Crippen molar-refractivity contribution in [2.75, 3.05) is 25.5 Å². The molecule has 1 aliphatic rings. The first-order valence-corrected chi connectivity index (χ1v) is 7.98. The highest BCUT2D eigenvalue weighted by Gasteiger charge is 2.22. The monoisotopic (exact) mass is 295 g/mol. The molecule has 1 fully saturated rings. The van der Waals surface area contributed by atoms with Crippen molar-refractivity contribution in [3.63, 3.8) is 0 Å². The maximum Gasteiger partial charge on any atom is 0.242 e. The van der Waals surface area contributed by atoms with Crippen molar-refractivity contribution in [1.82, 2.24) is 9.71 Å². The van der Waals surface area contributed by atoms with Crippen LogP contribution >= 0.6 is 0 Å². The van der Waals surface area contributed by atoms with E-state index in [1.54, 1.807) is 18.2 Å². The Bertz CT molecular complexity index is 718. The van der Waals surface area contributed by atoms with Crippen LogP contribution in [-0.2, 0) is 14.8 Å². The molecule has 1 saturated heterocycles. The van der Waals surface area contributed by atoms with Crippen LogP contribution in [0.4, 0.5) is 5.69 Å². The van der Waals surface area contributed by atoms with E-state index in [1.165, 1.54) is 6.20 Å². The van der Waals surface area contributed by atoms with Gasteiger partial charge < -0.3 is 15.5 Å². The molecule has 6 nitrogen and oxygen atoms in total. The summed E-state index contributed by atoms with van der Waals surface area (Å²) in [5.74, 6) is 0.250. The summed E-state index contributed by atoms with van der Waals surface area (Å²) in [6, 6.07) is 5.17. The number of H-pyrrole nitrogens is 1. The van der Waals surface area contributed by atoms with E-state index in [0.29, 0.717) is 30.8 Å². The molecule has 2 heterocycles. The number of aromatic nitrogens is 1. The van der Waals surface area contributed by atoms with Gasteiger partial charge in [0.05, 0.1) is 6.61 Å². The van der Waals surface area contributed by atoms with Gasteiger partial charge in [0.15, 0.2) is 0 Å². The van der Waals surface area contributed by atoms with E-state index in [2.05, 4.69) is 9.71 Å². The van der Waals surface area contributed by atoms with E-state index in [9.17, 15) is 8.42 Å². The minimum absolute atomic E-state index is 0.235. The highest BCUT2D eigenvalue weighted by molar-refractivity contribution is 7.89. The number of ether oxygens (including phenoxy) is 1. The zero-order chi connectivity index (χ0) is 14.2. The molecule has 0 spiro atoms. The summed E-state index contributed by atoms with van der Waals surface area (Å²) in [6.45, 7) is 1.72. The fourth-order valence-corrected chi connectivity index (χ4v) is 3.67. The van der Waals surface area contributed by atoms with Crippen molar-refractivity contribution >= 4 is 26.6 Å². The van der Waals surface area contributed by atoms with Gasteiger partial charge in [-0.15, -0.1) is 0 Å². The standard InChI is InChI=1S/C13H17N3O3S/c14-10-1-2-12-11(5-10)13(7-15-12)20(17,18)16-6-9-3-4-19-8-9/h1-2,5,7,9,15-16H,3-4,6,8,14H2. The molecule has 1 aromatic carbocycles. The number of anilines is 1. The fourth-order valence-electron chi connectivity index (χ4n) is 2.38. The van der Waals surface area contributed by atoms with Crippen LogP contribution in [0.5, 0.6) is 0 Å². The summed E-state index contributed by atoms with van der Waals surface area (Å²) in [5, 5.41) is 0.611. The predicted molar refractivity (Wildman–Crippen MR) is 76.8 cm³/mol. The van der Waals surface area contributed by atoms with Crippen molar-refractivity contribution in [2.45, 2.75) is 11.3 Å². The summed E-state index contributed by atoms with van der Waals surface area (Å²) in [6.07, 6.45) is 2.39. The Hall–Kier alpha value is -1.57. The predicted octanol–water partition coefficient (Wildman–Crippen LogP) is 1.06. The molecule has 0 saturated carbocycles. The number of nitrogens with two attached hydrogens (primary N) is 1. The fraction of sp³-hybridized carbons (Fsp3) is 0.385. The Morgan fingerprint density at radius 1 is 1.45 bits per heavy atom. The van der Waals surface area contributed by atoms with Gasteiger partial charge in [-0.3, -0.25) is 0 Å². The summed E-state index contributed by atoms with van der Waals surface area (Å²) < 4.78 is 32.6. The number of benzene rings is 1. The van der Waals surface area contributed by atoms with Crippen molar-refractivity contribution < 1.29 is 13.2 Å². The number of fused-ring (bicyclic) bond motifs is 1. The molecule has 1 aliphatic heterocycles. The SMILES string of the molecule is Nc1ccc2[nH]cc(S(=O)(=O)NCC3CCOC3)c2c1.